The Morgan fingerprint density at radius 1 is 1.04 bits per heavy atom. The molecule has 0 aliphatic rings. The topological polar surface area (TPSA) is 40.7 Å². The molecule has 8 heteroatoms. The number of hydrogen-bond donors (Lipinski definition) is 2. The lowest BCUT2D eigenvalue weighted by atomic mass is 10.1. The van der Waals surface area contributed by atoms with Crippen LogP contribution in [0.1, 0.15) is 5.56 Å². The average Bonchev–Trinajstić information content (AvgIpc) is 3.08. The maximum absolute atomic E-state index is 14.2. The third-order valence-corrected chi connectivity index (χ3v) is 3.81. The number of hydrogen-bond acceptors (Lipinski definition) is 2. The number of aromatic amines is 1. The molecule has 0 saturated heterocycles. The molecule has 0 aliphatic carbocycles. The van der Waals surface area contributed by atoms with Gasteiger partial charge in [-0.2, -0.15) is 5.10 Å². The molecule has 0 atom stereocenters. The van der Waals surface area contributed by atoms with Crippen LogP contribution in [-0.2, 0) is 6.54 Å². The zero-order chi connectivity index (χ0) is 17.3. The molecule has 0 unspecified atom stereocenters. The molecule has 0 amide bonds. The molecule has 0 saturated carbocycles. The first kappa shape index (κ1) is 16.3. The summed E-state index contributed by atoms with van der Waals surface area (Å²) >= 11 is 5.91. The summed E-state index contributed by atoms with van der Waals surface area (Å²) in [6.45, 7) is -0.214. The van der Waals surface area contributed by atoms with E-state index >= 15 is 0 Å². The minimum atomic E-state index is -1.62. The van der Waals surface area contributed by atoms with Gasteiger partial charge in [-0.15, -0.1) is 0 Å². The van der Waals surface area contributed by atoms with Gasteiger partial charge in [-0.1, -0.05) is 17.7 Å². The summed E-state index contributed by atoms with van der Waals surface area (Å²) in [5.41, 5.74) is 0.0580. The Balaban J connectivity index is 2.02. The number of aromatic nitrogens is 2. The van der Waals surface area contributed by atoms with E-state index in [1.807, 2.05) is 0 Å². The van der Waals surface area contributed by atoms with Crippen molar-refractivity contribution in [1.82, 2.24) is 10.2 Å². The highest BCUT2D eigenvalue weighted by Gasteiger charge is 2.21. The number of benzene rings is 2. The van der Waals surface area contributed by atoms with Gasteiger partial charge >= 0.3 is 0 Å². The molecule has 124 valence electrons. The van der Waals surface area contributed by atoms with Gasteiger partial charge in [0.2, 0.25) is 0 Å². The van der Waals surface area contributed by atoms with Crippen molar-refractivity contribution in [2.24, 2.45) is 0 Å². The van der Waals surface area contributed by atoms with E-state index in [2.05, 4.69) is 15.5 Å². The van der Waals surface area contributed by atoms with Gasteiger partial charge in [-0.05, 0) is 24.3 Å². The first-order valence-electron chi connectivity index (χ1n) is 6.83. The second kappa shape index (κ2) is 6.52. The fourth-order valence-electron chi connectivity index (χ4n) is 2.26. The molecule has 1 heterocycles. The summed E-state index contributed by atoms with van der Waals surface area (Å²) < 4.78 is 55.1. The zero-order valence-corrected chi connectivity index (χ0v) is 12.8. The number of halogens is 5. The quantitative estimate of drug-likeness (QED) is 0.516. The van der Waals surface area contributed by atoms with E-state index < -0.39 is 23.3 Å². The highest BCUT2D eigenvalue weighted by Crippen LogP contribution is 2.33. The molecule has 0 aliphatic heterocycles. The third kappa shape index (κ3) is 2.94. The van der Waals surface area contributed by atoms with Crippen LogP contribution in [0.2, 0.25) is 5.02 Å². The van der Waals surface area contributed by atoms with Crippen molar-refractivity contribution in [2.45, 2.75) is 6.54 Å². The van der Waals surface area contributed by atoms with Crippen molar-refractivity contribution in [3.63, 3.8) is 0 Å². The molecule has 3 nitrogen and oxygen atoms in total. The average molecular weight is 356 g/mol. The summed E-state index contributed by atoms with van der Waals surface area (Å²) in [5, 5.41) is 8.95. The van der Waals surface area contributed by atoms with E-state index in [9.17, 15) is 17.6 Å². The first-order chi connectivity index (χ1) is 11.5. The Labute approximate surface area is 139 Å². The summed E-state index contributed by atoms with van der Waals surface area (Å²) in [6.07, 6.45) is 1.38. The summed E-state index contributed by atoms with van der Waals surface area (Å²) in [5.74, 6) is -4.97. The predicted octanol–water partition coefficient (Wildman–Crippen LogP) is 4.90. The smallest absolute Gasteiger partial charge is 0.196 e. The van der Waals surface area contributed by atoms with Crippen LogP contribution in [0.15, 0.2) is 36.5 Å². The Morgan fingerprint density at radius 3 is 2.50 bits per heavy atom. The largest absolute Gasteiger partial charge is 0.378 e. The van der Waals surface area contributed by atoms with Crippen molar-refractivity contribution in [3.8, 4) is 11.3 Å². The van der Waals surface area contributed by atoms with Crippen LogP contribution in [0.3, 0.4) is 0 Å². The van der Waals surface area contributed by atoms with Crippen LogP contribution >= 0.6 is 11.6 Å². The highest BCUT2D eigenvalue weighted by atomic mass is 35.5. The number of H-pyrrole nitrogens is 1. The van der Waals surface area contributed by atoms with Crippen LogP contribution < -0.4 is 5.32 Å². The standard InChI is InChI=1S/C16H10ClF4N3/c17-10-2-1-3-11(18)9(10)7-22-16-8(13-4-5-23-24-13)6-12(19)14(20)15(16)21/h1-6,22H,7H2,(H,23,24). The van der Waals surface area contributed by atoms with Crippen molar-refractivity contribution in [1.29, 1.82) is 0 Å². The lowest BCUT2D eigenvalue weighted by Crippen LogP contribution is -2.08. The minimum absolute atomic E-state index is 0.0244. The maximum atomic E-state index is 14.2. The van der Waals surface area contributed by atoms with Gasteiger partial charge in [0.25, 0.3) is 0 Å². The highest BCUT2D eigenvalue weighted by molar-refractivity contribution is 6.31. The summed E-state index contributed by atoms with van der Waals surface area (Å²) in [6, 6.07) is 6.39. The molecule has 0 radical (unpaired) electrons. The van der Waals surface area contributed by atoms with Gasteiger partial charge in [0, 0.05) is 28.9 Å². The van der Waals surface area contributed by atoms with Gasteiger partial charge in [0.15, 0.2) is 17.5 Å². The molecular formula is C16H10ClF4N3. The van der Waals surface area contributed by atoms with E-state index in [0.29, 0.717) is 0 Å². The number of anilines is 1. The fourth-order valence-corrected chi connectivity index (χ4v) is 2.49. The van der Waals surface area contributed by atoms with Crippen LogP contribution in [0.5, 0.6) is 0 Å². The molecule has 1 aromatic heterocycles. The molecular weight excluding hydrogens is 346 g/mol. The molecule has 24 heavy (non-hydrogen) atoms. The van der Waals surface area contributed by atoms with Crippen molar-refractivity contribution in [2.75, 3.05) is 5.32 Å². The van der Waals surface area contributed by atoms with E-state index in [-0.39, 0.29) is 34.1 Å². The molecule has 3 aromatic rings. The van der Waals surface area contributed by atoms with Gasteiger partial charge < -0.3 is 5.32 Å². The van der Waals surface area contributed by atoms with Crippen LogP contribution in [0.4, 0.5) is 23.2 Å². The fraction of sp³-hybridized carbons (Fsp3) is 0.0625. The van der Waals surface area contributed by atoms with E-state index in [0.717, 1.165) is 6.07 Å². The van der Waals surface area contributed by atoms with Crippen LogP contribution in [0.25, 0.3) is 11.3 Å². The third-order valence-electron chi connectivity index (χ3n) is 3.46. The van der Waals surface area contributed by atoms with Crippen molar-refractivity contribution < 1.29 is 17.6 Å². The number of rotatable bonds is 4. The Kier molecular flexibility index (Phi) is 4.44. The van der Waals surface area contributed by atoms with E-state index in [1.54, 1.807) is 0 Å². The van der Waals surface area contributed by atoms with Crippen molar-refractivity contribution >= 4 is 17.3 Å². The van der Waals surface area contributed by atoms with E-state index in [1.165, 1.54) is 30.5 Å². The zero-order valence-electron chi connectivity index (χ0n) is 12.0. The Hall–Kier alpha value is -2.54. The normalized spacial score (nSPS) is 10.9. The van der Waals surface area contributed by atoms with Crippen LogP contribution in [-0.4, -0.2) is 10.2 Å². The molecule has 0 spiro atoms. The second-order valence-electron chi connectivity index (χ2n) is 4.93. The van der Waals surface area contributed by atoms with Gasteiger partial charge in [-0.25, -0.2) is 17.6 Å². The Bertz CT molecular complexity index is 861. The minimum Gasteiger partial charge on any atom is -0.378 e. The number of nitrogens with one attached hydrogen (secondary N) is 2. The SMILES string of the molecule is Fc1cc(-c2ccn[nH]2)c(NCc2c(F)cccc2Cl)c(F)c1F. The van der Waals surface area contributed by atoms with Gasteiger partial charge in [0.05, 0.1) is 11.4 Å². The van der Waals surface area contributed by atoms with Crippen molar-refractivity contribution in [3.05, 3.63) is 70.4 Å². The van der Waals surface area contributed by atoms with E-state index in [4.69, 9.17) is 11.6 Å². The van der Waals surface area contributed by atoms with Gasteiger partial charge in [0.1, 0.15) is 5.82 Å². The molecule has 0 bridgehead atoms. The first-order valence-corrected chi connectivity index (χ1v) is 7.21. The predicted molar refractivity (Wildman–Crippen MR) is 82.6 cm³/mol. The van der Waals surface area contributed by atoms with Gasteiger partial charge in [-0.3, -0.25) is 5.10 Å². The van der Waals surface area contributed by atoms with Crippen LogP contribution in [0, 0.1) is 23.3 Å². The molecule has 3 rings (SSSR count). The molecule has 2 N–H and O–H groups in total. The summed E-state index contributed by atoms with van der Waals surface area (Å²) in [7, 11) is 0. The molecule has 0 fully saturated rings. The Morgan fingerprint density at radius 2 is 1.83 bits per heavy atom. The number of nitrogens with zero attached hydrogens (tertiary/aromatic N) is 1. The lowest BCUT2D eigenvalue weighted by Gasteiger charge is -2.14. The molecule has 2 aromatic carbocycles. The maximum Gasteiger partial charge on any atom is 0.196 e. The summed E-state index contributed by atoms with van der Waals surface area (Å²) in [4.78, 5) is 0. The lowest BCUT2D eigenvalue weighted by molar-refractivity contribution is 0.449. The monoisotopic (exact) mass is 355 g/mol. The second-order valence-corrected chi connectivity index (χ2v) is 5.34.